The fourth-order valence-corrected chi connectivity index (χ4v) is 2.13. The number of hydrazone groups is 1. The highest BCUT2D eigenvalue weighted by molar-refractivity contribution is 5.88. The van der Waals surface area contributed by atoms with E-state index in [-0.39, 0.29) is 17.4 Å². The molecule has 1 amide bonds. The molecule has 25 heavy (non-hydrogen) atoms. The number of hydrogen-bond acceptors (Lipinski definition) is 6. The molecule has 0 heterocycles. The number of ether oxygens (including phenoxy) is 1. The Hall–Kier alpha value is -3.22. The standard InChI is InChI=1S/C18H21N3O4/c1-3-16(20-13-5-8-15(25-2)9-6-13)18(24)21-19-11-12-4-7-14(22)10-17(12)23/h4-11,16,20,22-23H,3H2,1-2H3,(H,21,24)/b19-11-/t16-/m0/s1. The van der Waals surface area contributed by atoms with Crippen LogP contribution >= 0.6 is 0 Å². The van der Waals surface area contributed by atoms with E-state index >= 15 is 0 Å². The Kier molecular flexibility index (Phi) is 6.22. The van der Waals surface area contributed by atoms with Crippen LogP contribution < -0.4 is 15.5 Å². The van der Waals surface area contributed by atoms with Gasteiger partial charge in [-0.25, -0.2) is 5.43 Å². The van der Waals surface area contributed by atoms with Gasteiger partial charge in [0.2, 0.25) is 0 Å². The number of hydrogen-bond donors (Lipinski definition) is 4. The molecule has 0 fully saturated rings. The van der Waals surface area contributed by atoms with Crippen LogP contribution in [0.5, 0.6) is 17.2 Å². The third-order valence-electron chi connectivity index (χ3n) is 3.55. The maximum Gasteiger partial charge on any atom is 0.262 e. The quantitative estimate of drug-likeness (QED) is 0.457. The molecule has 0 saturated carbocycles. The lowest BCUT2D eigenvalue weighted by atomic mass is 10.2. The van der Waals surface area contributed by atoms with Crippen LogP contribution in [0.2, 0.25) is 0 Å². The number of phenolic OH excluding ortho intramolecular Hbond substituents is 2. The molecule has 1 atom stereocenters. The molecule has 2 rings (SSSR count). The van der Waals surface area contributed by atoms with Crippen molar-refractivity contribution in [3.8, 4) is 17.2 Å². The topological polar surface area (TPSA) is 103 Å². The molecule has 0 spiro atoms. The number of carbonyl (C=O) groups is 1. The normalized spacial score (nSPS) is 11.9. The molecular formula is C18H21N3O4. The largest absolute Gasteiger partial charge is 0.508 e. The zero-order valence-electron chi connectivity index (χ0n) is 14.1. The lowest BCUT2D eigenvalue weighted by Gasteiger charge is -2.16. The highest BCUT2D eigenvalue weighted by Gasteiger charge is 2.15. The van der Waals surface area contributed by atoms with Gasteiger partial charge in [0, 0.05) is 17.3 Å². The van der Waals surface area contributed by atoms with Crippen LogP contribution in [-0.2, 0) is 4.79 Å². The molecule has 4 N–H and O–H groups in total. The molecule has 0 aliphatic rings. The molecule has 7 nitrogen and oxygen atoms in total. The number of aromatic hydroxyl groups is 2. The van der Waals surface area contributed by atoms with Crippen molar-refractivity contribution in [1.82, 2.24) is 5.43 Å². The second-order valence-corrected chi connectivity index (χ2v) is 5.31. The molecule has 132 valence electrons. The number of benzene rings is 2. The maximum atomic E-state index is 12.2. The number of phenols is 2. The van der Waals surface area contributed by atoms with E-state index in [4.69, 9.17) is 4.74 Å². The highest BCUT2D eigenvalue weighted by Crippen LogP contribution is 2.20. The molecule has 0 aliphatic heterocycles. The predicted octanol–water partition coefficient (Wildman–Crippen LogP) is 2.45. The number of nitrogens with one attached hydrogen (secondary N) is 2. The van der Waals surface area contributed by atoms with E-state index in [0.29, 0.717) is 12.0 Å². The summed E-state index contributed by atoms with van der Waals surface area (Å²) in [7, 11) is 1.59. The van der Waals surface area contributed by atoms with Crippen molar-refractivity contribution in [3.05, 3.63) is 48.0 Å². The summed E-state index contributed by atoms with van der Waals surface area (Å²) in [5.74, 6) is 0.268. The summed E-state index contributed by atoms with van der Waals surface area (Å²) >= 11 is 0. The van der Waals surface area contributed by atoms with E-state index in [0.717, 1.165) is 11.4 Å². The van der Waals surface area contributed by atoms with Crippen LogP contribution in [0.3, 0.4) is 0 Å². The first-order chi connectivity index (χ1) is 12.0. The van der Waals surface area contributed by atoms with E-state index in [1.807, 2.05) is 19.1 Å². The molecule has 2 aromatic rings. The van der Waals surface area contributed by atoms with Gasteiger partial charge in [0.05, 0.1) is 13.3 Å². The van der Waals surface area contributed by atoms with Gasteiger partial charge in [0.15, 0.2) is 0 Å². The fourth-order valence-electron chi connectivity index (χ4n) is 2.13. The minimum Gasteiger partial charge on any atom is -0.508 e. The number of methoxy groups -OCH3 is 1. The zero-order chi connectivity index (χ0) is 18.2. The van der Waals surface area contributed by atoms with Crippen molar-refractivity contribution in [3.63, 3.8) is 0 Å². The second kappa shape index (κ2) is 8.58. The third kappa shape index (κ3) is 5.13. The molecule has 0 unspecified atom stereocenters. The van der Waals surface area contributed by atoms with Gasteiger partial charge in [-0.15, -0.1) is 0 Å². The molecule has 0 bridgehead atoms. The van der Waals surface area contributed by atoms with Crippen LogP contribution in [0, 0.1) is 0 Å². The Balaban J connectivity index is 1.95. The lowest BCUT2D eigenvalue weighted by molar-refractivity contribution is -0.121. The van der Waals surface area contributed by atoms with Gasteiger partial charge in [-0.1, -0.05) is 6.92 Å². The van der Waals surface area contributed by atoms with Crippen molar-refractivity contribution >= 4 is 17.8 Å². The maximum absolute atomic E-state index is 12.2. The number of anilines is 1. The van der Waals surface area contributed by atoms with Gasteiger partial charge in [-0.05, 0) is 42.8 Å². The van der Waals surface area contributed by atoms with Crippen LogP contribution in [0.4, 0.5) is 5.69 Å². The Labute approximate surface area is 146 Å². The Morgan fingerprint density at radius 3 is 2.56 bits per heavy atom. The van der Waals surface area contributed by atoms with Crippen LogP contribution in [0.25, 0.3) is 0 Å². The number of carbonyl (C=O) groups excluding carboxylic acids is 1. The van der Waals surface area contributed by atoms with Crippen molar-refractivity contribution in [1.29, 1.82) is 0 Å². The summed E-state index contributed by atoms with van der Waals surface area (Å²) in [4.78, 5) is 12.2. The summed E-state index contributed by atoms with van der Waals surface area (Å²) in [6.07, 6.45) is 1.88. The number of nitrogens with zero attached hydrogens (tertiary/aromatic N) is 1. The summed E-state index contributed by atoms with van der Waals surface area (Å²) in [5.41, 5.74) is 3.61. The Morgan fingerprint density at radius 1 is 1.24 bits per heavy atom. The smallest absolute Gasteiger partial charge is 0.262 e. The van der Waals surface area contributed by atoms with Gasteiger partial charge in [-0.3, -0.25) is 4.79 Å². The van der Waals surface area contributed by atoms with Crippen molar-refractivity contribution in [2.45, 2.75) is 19.4 Å². The SMILES string of the molecule is CC[C@H](Nc1ccc(OC)cc1)C(=O)N/N=C\c1ccc(O)cc1O. The molecule has 0 aromatic heterocycles. The minimum atomic E-state index is -0.459. The van der Waals surface area contributed by atoms with Crippen molar-refractivity contribution < 1.29 is 19.7 Å². The van der Waals surface area contributed by atoms with Gasteiger partial charge in [-0.2, -0.15) is 5.10 Å². The van der Waals surface area contributed by atoms with Crippen LogP contribution in [0.15, 0.2) is 47.6 Å². The average molecular weight is 343 g/mol. The predicted molar refractivity (Wildman–Crippen MR) is 96.2 cm³/mol. The molecule has 2 aromatic carbocycles. The second-order valence-electron chi connectivity index (χ2n) is 5.31. The first-order valence-corrected chi connectivity index (χ1v) is 7.79. The van der Waals surface area contributed by atoms with Gasteiger partial charge >= 0.3 is 0 Å². The number of amides is 1. The minimum absolute atomic E-state index is 0.0478. The first-order valence-electron chi connectivity index (χ1n) is 7.79. The Bertz CT molecular complexity index is 744. The van der Waals surface area contributed by atoms with Crippen LogP contribution in [-0.4, -0.2) is 35.5 Å². The molecular weight excluding hydrogens is 322 g/mol. The lowest BCUT2D eigenvalue weighted by Crippen LogP contribution is -2.36. The number of rotatable bonds is 7. The first kappa shape index (κ1) is 18.1. The monoisotopic (exact) mass is 343 g/mol. The molecule has 0 saturated heterocycles. The molecule has 7 heteroatoms. The van der Waals surface area contributed by atoms with E-state index in [1.54, 1.807) is 19.2 Å². The fraction of sp³-hybridized carbons (Fsp3) is 0.222. The molecule has 0 radical (unpaired) electrons. The summed E-state index contributed by atoms with van der Waals surface area (Å²) in [6, 6.07) is 10.9. The summed E-state index contributed by atoms with van der Waals surface area (Å²) < 4.78 is 5.10. The average Bonchev–Trinajstić information content (AvgIpc) is 2.61. The van der Waals surface area contributed by atoms with Gasteiger partial charge in [0.1, 0.15) is 23.3 Å². The van der Waals surface area contributed by atoms with E-state index in [2.05, 4.69) is 15.8 Å². The van der Waals surface area contributed by atoms with Crippen LogP contribution in [0.1, 0.15) is 18.9 Å². The van der Waals surface area contributed by atoms with Gasteiger partial charge < -0.3 is 20.3 Å². The van der Waals surface area contributed by atoms with Gasteiger partial charge in [0.25, 0.3) is 5.91 Å². The van der Waals surface area contributed by atoms with Crippen molar-refractivity contribution in [2.24, 2.45) is 5.10 Å². The Morgan fingerprint density at radius 2 is 1.96 bits per heavy atom. The molecule has 0 aliphatic carbocycles. The zero-order valence-corrected chi connectivity index (χ0v) is 14.1. The third-order valence-corrected chi connectivity index (χ3v) is 3.55. The van der Waals surface area contributed by atoms with E-state index in [1.165, 1.54) is 24.4 Å². The van der Waals surface area contributed by atoms with E-state index in [9.17, 15) is 15.0 Å². The van der Waals surface area contributed by atoms with Crippen molar-refractivity contribution in [2.75, 3.05) is 12.4 Å². The summed E-state index contributed by atoms with van der Waals surface area (Å²) in [5, 5.41) is 25.9. The summed E-state index contributed by atoms with van der Waals surface area (Å²) in [6.45, 7) is 1.89. The highest BCUT2D eigenvalue weighted by atomic mass is 16.5. The van der Waals surface area contributed by atoms with E-state index < -0.39 is 6.04 Å².